The van der Waals surface area contributed by atoms with E-state index < -0.39 is 52.9 Å². The van der Waals surface area contributed by atoms with Gasteiger partial charge in [0.1, 0.15) is 17.0 Å². The van der Waals surface area contributed by atoms with Gasteiger partial charge in [-0.25, -0.2) is 4.90 Å². The van der Waals surface area contributed by atoms with Crippen molar-refractivity contribution < 1.29 is 42.2 Å². The van der Waals surface area contributed by atoms with Gasteiger partial charge in [0.25, 0.3) is 0 Å². The summed E-state index contributed by atoms with van der Waals surface area (Å²) in [5.41, 5.74) is -1.17. The second kappa shape index (κ2) is 11.6. The molecule has 4 aromatic carbocycles. The van der Waals surface area contributed by atoms with E-state index in [-0.39, 0.29) is 29.4 Å². The predicted octanol–water partition coefficient (Wildman–Crippen LogP) is 6.22. The number of halogens is 3. The molecule has 0 aliphatic carbocycles. The number of amides is 2. The van der Waals surface area contributed by atoms with Gasteiger partial charge in [0.15, 0.2) is 5.78 Å². The van der Waals surface area contributed by atoms with Gasteiger partial charge < -0.3 is 9.84 Å². The van der Waals surface area contributed by atoms with Gasteiger partial charge in [0, 0.05) is 18.0 Å². The van der Waals surface area contributed by atoms with Gasteiger partial charge in [-0.05, 0) is 72.6 Å². The van der Waals surface area contributed by atoms with Gasteiger partial charge in [-0.1, -0.05) is 48.5 Å². The summed E-state index contributed by atoms with van der Waals surface area (Å²) in [5, 5.41) is 13.9. The minimum Gasteiger partial charge on any atom is -0.480 e. The van der Waals surface area contributed by atoms with Crippen LogP contribution >= 0.6 is 0 Å². The lowest BCUT2D eigenvalue weighted by Gasteiger charge is -2.31. The molecule has 2 heterocycles. The van der Waals surface area contributed by atoms with Crippen LogP contribution < -0.4 is 15.0 Å². The van der Waals surface area contributed by atoms with Gasteiger partial charge in [0.2, 0.25) is 11.8 Å². The number of aliphatic carboxylic acids is 1. The van der Waals surface area contributed by atoms with E-state index >= 15 is 0 Å². The summed E-state index contributed by atoms with van der Waals surface area (Å²) >= 11 is 0. The molecule has 0 bridgehead atoms. The first kappa shape index (κ1) is 30.7. The molecule has 6 rings (SSSR count). The third-order valence-electron chi connectivity index (χ3n) is 8.51. The molecule has 2 amide bonds. The predicted molar refractivity (Wildman–Crippen MR) is 160 cm³/mol. The van der Waals surface area contributed by atoms with Crippen LogP contribution in [0.4, 0.5) is 18.9 Å². The van der Waals surface area contributed by atoms with Crippen molar-refractivity contribution in [3.8, 4) is 11.5 Å². The van der Waals surface area contributed by atoms with E-state index in [2.05, 4.69) is 5.32 Å². The van der Waals surface area contributed by atoms with Crippen LogP contribution in [0.15, 0.2) is 103 Å². The minimum atomic E-state index is -4.57. The summed E-state index contributed by atoms with van der Waals surface area (Å²) in [7, 11) is 0. The Kier molecular flexibility index (Phi) is 7.73. The molecule has 2 aliphatic rings. The number of carboxylic acids is 1. The number of rotatable bonds is 8. The molecule has 234 valence electrons. The molecule has 0 spiro atoms. The SMILES string of the molecule is CC(=O)c1ccc(N2C(=O)C3C(c4cccc(Oc5cccc(C(F)(F)F)c5)c4)NC(Cc4ccccc4)(C(=O)O)C3C2=O)cc1. The Labute approximate surface area is 261 Å². The number of ketones is 1. The molecule has 8 nitrogen and oxygen atoms in total. The summed E-state index contributed by atoms with van der Waals surface area (Å²) in [5.74, 6) is -5.22. The standard InChI is InChI=1S/C35H27F3N2O6/c1-20(41)22-13-15-25(16-14-22)40-31(42)28-29(32(40)43)34(33(44)45,19-21-7-3-2-4-8-21)39-30(28)23-9-5-11-26(17-23)46-27-12-6-10-24(18-27)35(36,37)38/h2-18,28-30,39H,19H2,1H3,(H,44,45). The number of alkyl halides is 3. The van der Waals surface area contributed by atoms with E-state index in [1.165, 1.54) is 55.5 Å². The maximum absolute atomic E-state index is 14.1. The van der Waals surface area contributed by atoms with Crippen molar-refractivity contribution in [1.29, 1.82) is 0 Å². The fraction of sp³-hybridized carbons (Fsp3) is 0.200. The maximum Gasteiger partial charge on any atom is 0.416 e. The Bertz CT molecular complexity index is 1840. The van der Waals surface area contributed by atoms with Gasteiger partial charge >= 0.3 is 12.1 Å². The number of carbonyl (C=O) groups excluding carboxylic acids is 3. The second-order valence-corrected chi connectivity index (χ2v) is 11.4. The number of imide groups is 1. The molecule has 2 fully saturated rings. The van der Waals surface area contributed by atoms with Crippen molar-refractivity contribution in [2.75, 3.05) is 4.90 Å². The third-order valence-corrected chi connectivity index (χ3v) is 8.51. The summed E-state index contributed by atoms with van der Waals surface area (Å²) in [6, 6.07) is 24.3. The van der Waals surface area contributed by atoms with E-state index in [1.54, 1.807) is 42.5 Å². The van der Waals surface area contributed by atoms with E-state index in [0.29, 0.717) is 16.7 Å². The van der Waals surface area contributed by atoms with E-state index in [4.69, 9.17) is 4.74 Å². The fourth-order valence-electron chi connectivity index (χ4n) is 6.39. The largest absolute Gasteiger partial charge is 0.480 e. The number of hydrogen-bond acceptors (Lipinski definition) is 6. The van der Waals surface area contributed by atoms with Crippen LogP contribution in [0.5, 0.6) is 11.5 Å². The molecule has 2 aliphatic heterocycles. The number of carboxylic acid groups (broad SMARTS) is 1. The first-order valence-corrected chi connectivity index (χ1v) is 14.4. The van der Waals surface area contributed by atoms with E-state index in [1.807, 2.05) is 0 Å². The second-order valence-electron chi connectivity index (χ2n) is 11.4. The molecule has 0 saturated carbocycles. The van der Waals surface area contributed by atoms with E-state index in [0.717, 1.165) is 17.0 Å². The average molecular weight is 629 g/mol. The lowest BCUT2D eigenvalue weighted by molar-refractivity contribution is -0.148. The molecule has 0 radical (unpaired) electrons. The van der Waals surface area contributed by atoms with Crippen molar-refractivity contribution >= 4 is 29.3 Å². The molecule has 0 aromatic heterocycles. The number of ether oxygens (including phenoxy) is 1. The molecule has 4 atom stereocenters. The number of anilines is 1. The van der Waals surface area contributed by atoms with Crippen molar-refractivity contribution in [3.63, 3.8) is 0 Å². The number of fused-ring (bicyclic) bond motifs is 1. The molecular formula is C35H27F3N2O6. The number of hydrogen-bond donors (Lipinski definition) is 2. The smallest absolute Gasteiger partial charge is 0.416 e. The molecule has 4 unspecified atom stereocenters. The van der Waals surface area contributed by atoms with Crippen molar-refractivity contribution in [1.82, 2.24) is 5.32 Å². The number of carbonyl (C=O) groups is 4. The maximum atomic E-state index is 14.1. The van der Waals surface area contributed by atoms with Crippen molar-refractivity contribution in [2.24, 2.45) is 11.8 Å². The van der Waals surface area contributed by atoms with Crippen LogP contribution in [0.3, 0.4) is 0 Å². The summed E-state index contributed by atoms with van der Waals surface area (Å²) < 4.78 is 45.6. The van der Waals surface area contributed by atoms with Crippen molar-refractivity contribution in [2.45, 2.75) is 31.1 Å². The van der Waals surface area contributed by atoms with Crippen molar-refractivity contribution in [3.05, 3.63) is 125 Å². The van der Waals surface area contributed by atoms with Crippen LogP contribution in [0.2, 0.25) is 0 Å². The first-order valence-electron chi connectivity index (χ1n) is 14.4. The monoisotopic (exact) mass is 628 g/mol. The molecule has 4 aromatic rings. The Morgan fingerprint density at radius 1 is 0.870 bits per heavy atom. The molecule has 2 saturated heterocycles. The Balaban J connectivity index is 1.41. The highest BCUT2D eigenvalue weighted by Crippen LogP contribution is 2.51. The lowest BCUT2D eigenvalue weighted by Crippen LogP contribution is -2.57. The van der Waals surface area contributed by atoms with Crippen LogP contribution in [0.25, 0.3) is 0 Å². The summed E-state index contributed by atoms with van der Waals surface area (Å²) in [6.45, 7) is 1.39. The third kappa shape index (κ3) is 5.43. The number of nitrogens with one attached hydrogen (secondary N) is 1. The zero-order valence-corrected chi connectivity index (χ0v) is 24.3. The van der Waals surface area contributed by atoms with Crippen LogP contribution in [-0.2, 0) is 27.0 Å². The van der Waals surface area contributed by atoms with Crippen LogP contribution in [0, 0.1) is 11.8 Å². The number of benzene rings is 4. The highest BCUT2D eigenvalue weighted by atomic mass is 19.4. The lowest BCUT2D eigenvalue weighted by atomic mass is 9.76. The Morgan fingerprint density at radius 3 is 2.15 bits per heavy atom. The molecule has 11 heteroatoms. The Morgan fingerprint density at radius 2 is 1.52 bits per heavy atom. The van der Waals surface area contributed by atoms with Gasteiger partial charge in [-0.15, -0.1) is 0 Å². The van der Waals surface area contributed by atoms with Crippen LogP contribution in [-0.4, -0.2) is 34.2 Å². The van der Waals surface area contributed by atoms with Gasteiger partial charge in [0.05, 0.1) is 23.1 Å². The molecular weight excluding hydrogens is 601 g/mol. The highest BCUT2D eigenvalue weighted by molar-refractivity contribution is 6.24. The zero-order chi connectivity index (χ0) is 32.8. The quantitative estimate of drug-likeness (QED) is 0.176. The topological polar surface area (TPSA) is 113 Å². The first-order chi connectivity index (χ1) is 21.9. The Hall–Kier alpha value is -5.29. The fourth-order valence-corrected chi connectivity index (χ4v) is 6.39. The average Bonchev–Trinajstić information content (AvgIpc) is 3.51. The molecule has 2 N–H and O–H groups in total. The summed E-state index contributed by atoms with van der Waals surface area (Å²) in [4.78, 5) is 54.3. The minimum absolute atomic E-state index is 0.0690. The van der Waals surface area contributed by atoms with Gasteiger partial charge in [-0.2, -0.15) is 13.2 Å². The van der Waals surface area contributed by atoms with Crippen LogP contribution in [0.1, 0.15) is 40.0 Å². The highest BCUT2D eigenvalue weighted by Gasteiger charge is 2.68. The van der Waals surface area contributed by atoms with E-state index in [9.17, 15) is 37.5 Å². The normalized spacial score (nSPS) is 22.5. The number of nitrogens with zero attached hydrogens (tertiary/aromatic N) is 1. The summed E-state index contributed by atoms with van der Waals surface area (Å²) in [6.07, 6.45) is -4.69. The number of Topliss-reactive ketones (excluding diaryl/α,β-unsaturated/α-hetero) is 1. The molecule has 46 heavy (non-hydrogen) atoms. The zero-order valence-electron chi connectivity index (χ0n) is 24.3. The van der Waals surface area contributed by atoms with Gasteiger partial charge in [-0.3, -0.25) is 24.5 Å².